The Bertz CT molecular complexity index is 496. The Balaban J connectivity index is 2.56. The molecule has 1 aromatic carbocycles. The number of anilines is 1. The highest BCUT2D eigenvalue weighted by molar-refractivity contribution is 9.10. The average molecular weight is 376 g/mol. The first-order valence-electron chi connectivity index (χ1n) is 6.41. The van der Waals surface area contributed by atoms with Crippen molar-refractivity contribution >= 4 is 45.3 Å². The van der Waals surface area contributed by atoms with E-state index in [4.69, 9.17) is 9.47 Å². The van der Waals surface area contributed by atoms with Gasteiger partial charge in [0.05, 0.1) is 30.2 Å². The van der Waals surface area contributed by atoms with Crippen LogP contribution in [0.1, 0.15) is 17.3 Å². The first-order chi connectivity index (χ1) is 10.1. The van der Waals surface area contributed by atoms with Gasteiger partial charge in [-0.1, -0.05) is 0 Å². The standard InChI is InChI=1S/C14H18BrNO4S/c1-3-20-14(18)10-4-5-12(11(15)8-10)16-13(17)9-21-7-6-19-2/h4-5,8H,3,6-7,9H2,1-2H3,(H,16,17). The first kappa shape index (κ1) is 18.0. The summed E-state index contributed by atoms with van der Waals surface area (Å²) < 4.78 is 10.5. The number of nitrogens with one attached hydrogen (secondary N) is 1. The smallest absolute Gasteiger partial charge is 0.338 e. The quantitative estimate of drug-likeness (QED) is 0.558. The number of carbonyl (C=O) groups excluding carboxylic acids is 2. The summed E-state index contributed by atoms with van der Waals surface area (Å²) in [5.41, 5.74) is 1.07. The summed E-state index contributed by atoms with van der Waals surface area (Å²) in [6.07, 6.45) is 0. The number of carbonyl (C=O) groups is 2. The van der Waals surface area contributed by atoms with Crippen molar-refractivity contribution in [1.29, 1.82) is 0 Å². The van der Waals surface area contributed by atoms with Crippen LogP contribution in [0.4, 0.5) is 5.69 Å². The van der Waals surface area contributed by atoms with Crippen molar-refractivity contribution in [3.05, 3.63) is 28.2 Å². The summed E-state index contributed by atoms with van der Waals surface area (Å²) in [4.78, 5) is 23.4. The van der Waals surface area contributed by atoms with E-state index < -0.39 is 0 Å². The van der Waals surface area contributed by atoms with Crippen molar-refractivity contribution in [3.63, 3.8) is 0 Å². The normalized spacial score (nSPS) is 10.2. The topological polar surface area (TPSA) is 64.6 Å². The van der Waals surface area contributed by atoms with Crippen LogP contribution in [-0.4, -0.2) is 43.7 Å². The van der Waals surface area contributed by atoms with E-state index in [0.717, 1.165) is 5.75 Å². The van der Waals surface area contributed by atoms with E-state index >= 15 is 0 Å². The van der Waals surface area contributed by atoms with E-state index in [1.54, 1.807) is 32.2 Å². The van der Waals surface area contributed by atoms with Crippen LogP contribution in [-0.2, 0) is 14.3 Å². The van der Waals surface area contributed by atoms with Gasteiger partial charge >= 0.3 is 5.97 Å². The minimum Gasteiger partial charge on any atom is -0.462 e. The van der Waals surface area contributed by atoms with Crippen LogP contribution in [0, 0.1) is 0 Å². The molecule has 1 amide bonds. The number of esters is 1. The van der Waals surface area contributed by atoms with Gasteiger partial charge < -0.3 is 14.8 Å². The minimum absolute atomic E-state index is 0.0966. The van der Waals surface area contributed by atoms with Crippen LogP contribution in [0.3, 0.4) is 0 Å². The molecule has 1 aromatic rings. The van der Waals surface area contributed by atoms with E-state index in [-0.39, 0.29) is 11.9 Å². The van der Waals surface area contributed by atoms with Gasteiger partial charge in [-0.05, 0) is 41.1 Å². The fourth-order valence-electron chi connectivity index (χ4n) is 1.45. The number of hydrogen-bond acceptors (Lipinski definition) is 5. The van der Waals surface area contributed by atoms with Crippen molar-refractivity contribution < 1.29 is 19.1 Å². The molecule has 116 valence electrons. The zero-order valence-electron chi connectivity index (χ0n) is 12.0. The van der Waals surface area contributed by atoms with Crippen molar-refractivity contribution in [3.8, 4) is 0 Å². The molecule has 5 nitrogen and oxygen atoms in total. The Kier molecular flexibility index (Phi) is 8.41. The average Bonchev–Trinajstić information content (AvgIpc) is 2.46. The summed E-state index contributed by atoms with van der Waals surface area (Å²) in [6.45, 7) is 2.70. The molecule has 0 radical (unpaired) electrons. The summed E-state index contributed by atoms with van der Waals surface area (Å²) in [5, 5.41) is 2.79. The van der Waals surface area contributed by atoms with Crippen LogP contribution >= 0.6 is 27.7 Å². The van der Waals surface area contributed by atoms with Crippen LogP contribution in [0.25, 0.3) is 0 Å². The fourth-order valence-corrected chi connectivity index (χ4v) is 2.62. The number of amides is 1. The second-order valence-electron chi connectivity index (χ2n) is 4.01. The zero-order chi connectivity index (χ0) is 15.7. The Hall–Kier alpha value is -1.05. The maximum atomic E-state index is 11.8. The number of halogens is 1. The van der Waals surface area contributed by atoms with Crippen molar-refractivity contribution in [2.75, 3.05) is 37.1 Å². The Morgan fingerprint density at radius 2 is 2.14 bits per heavy atom. The second-order valence-corrected chi connectivity index (χ2v) is 5.97. The molecule has 0 aromatic heterocycles. The SMILES string of the molecule is CCOC(=O)c1ccc(NC(=O)CSCCOC)c(Br)c1. The van der Waals surface area contributed by atoms with E-state index in [2.05, 4.69) is 21.2 Å². The molecule has 0 fully saturated rings. The summed E-state index contributed by atoms with van der Waals surface area (Å²) in [7, 11) is 1.63. The molecular formula is C14H18BrNO4S. The lowest BCUT2D eigenvalue weighted by atomic mass is 10.2. The van der Waals surface area contributed by atoms with Crippen LogP contribution in [0.15, 0.2) is 22.7 Å². The molecule has 1 rings (SSSR count). The molecule has 7 heteroatoms. The third kappa shape index (κ3) is 6.50. The summed E-state index contributed by atoms with van der Waals surface area (Å²) in [5.74, 6) is 0.648. The molecule has 0 unspecified atom stereocenters. The van der Waals surface area contributed by atoms with E-state index in [1.165, 1.54) is 11.8 Å². The van der Waals surface area contributed by atoms with Gasteiger partial charge in [0.1, 0.15) is 0 Å². The predicted molar refractivity (Wildman–Crippen MR) is 87.9 cm³/mol. The van der Waals surface area contributed by atoms with Gasteiger partial charge in [0.25, 0.3) is 0 Å². The lowest BCUT2D eigenvalue weighted by Crippen LogP contribution is -2.15. The Morgan fingerprint density at radius 1 is 1.38 bits per heavy atom. The third-order valence-electron chi connectivity index (χ3n) is 2.42. The molecule has 0 bridgehead atoms. The molecule has 0 saturated carbocycles. The summed E-state index contributed by atoms with van der Waals surface area (Å²) >= 11 is 4.84. The van der Waals surface area contributed by atoms with Crippen LogP contribution in [0.2, 0.25) is 0 Å². The number of methoxy groups -OCH3 is 1. The Morgan fingerprint density at radius 3 is 2.76 bits per heavy atom. The molecule has 0 saturated heterocycles. The van der Waals surface area contributed by atoms with Gasteiger partial charge in [-0.2, -0.15) is 0 Å². The van der Waals surface area contributed by atoms with Crippen molar-refractivity contribution in [2.45, 2.75) is 6.92 Å². The molecule has 0 aliphatic rings. The molecule has 1 N–H and O–H groups in total. The van der Waals surface area contributed by atoms with Crippen LogP contribution in [0.5, 0.6) is 0 Å². The Labute approximate surface area is 136 Å². The van der Waals surface area contributed by atoms with E-state index in [9.17, 15) is 9.59 Å². The van der Waals surface area contributed by atoms with Gasteiger partial charge in [0, 0.05) is 17.3 Å². The highest BCUT2D eigenvalue weighted by Gasteiger charge is 2.11. The molecule has 0 aliphatic carbocycles. The zero-order valence-corrected chi connectivity index (χ0v) is 14.4. The summed E-state index contributed by atoms with van der Waals surface area (Å²) in [6, 6.07) is 4.93. The maximum absolute atomic E-state index is 11.8. The van der Waals surface area contributed by atoms with Crippen molar-refractivity contribution in [2.24, 2.45) is 0 Å². The molecule has 21 heavy (non-hydrogen) atoms. The molecule has 0 aliphatic heterocycles. The largest absolute Gasteiger partial charge is 0.462 e. The number of thioether (sulfide) groups is 1. The van der Waals surface area contributed by atoms with Crippen LogP contribution < -0.4 is 5.32 Å². The van der Waals surface area contributed by atoms with Gasteiger partial charge in [0.2, 0.25) is 5.91 Å². The number of hydrogen-bond donors (Lipinski definition) is 1. The molecule has 0 spiro atoms. The number of rotatable bonds is 8. The molecule has 0 atom stereocenters. The minimum atomic E-state index is -0.383. The van der Waals surface area contributed by atoms with Gasteiger partial charge in [-0.15, -0.1) is 11.8 Å². The molecular weight excluding hydrogens is 358 g/mol. The highest BCUT2D eigenvalue weighted by atomic mass is 79.9. The maximum Gasteiger partial charge on any atom is 0.338 e. The first-order valence-corrected chi connectivity index (χ1v) is 8.36. The van der Waals surface area contributed by atoms with E-state index in [1.807, 2.05) is 0 Å². The van der Waals surface area contributed by atoms with Gasteiger partial charge in [-0.3, -0.25) is 4.79 Å². The monoisotopic (exact) mass is 375 g/mol. The fraction of sp³-hybridized carbons (Fsp3) is 0.429. The molecule has 0 heterocycles. The number of ether oxygens (including phenoxy) is 2. The number of benzene rings is 1. The van der Waals surface area contributed by atoms with E-state index in [0.29, 0.717) is 34.7 Å². The van der Waals surface area contributed by atoms with Gasteiger partial charge in [-0.25, -0.2) is 4.79 Å². The second kappa shape index (κ2) is 9.81. The third-order valence-corrected chi connectivity index (χ3v) is 4.00. The highest BCUT2D eigenvalue weighted by Crippen LogP contribution is 2.24. The lowest BCUT2D eigenvalue weighted by molar-refractivity contribution is -0.113. The predicted octanol–water partition coefficient (Wildman–Crippen LogP) is 2.94. The lowest BCUT2D eigenvalue weighted by Gasteiger charge is -2.09. The van der Waals surface area contributed by atoms with Crippen molar-refractivity contribution in [1.82, 2.24) is 0 Å². The van der Waals surface area contributed by atoms with Gasteiger partial charge in [0.15, 0.2) is 0 Å².